The molecule has 0 radical (unpaired) electrons. The topological polar surface area (TPSA) is 157 Å². The number of amides is 1. The van der Waals surface area contributed by atoms with Gasteiger partial charge >= 0.3 is 0 Å². The maximum atomic E-state index is 13.2. The van der Waals surface area contributed by atoms with E-state index in [9.17, 15) is 14.9 Å². The second kappa shape index (κ2) is 10.1. The number of nitrogens with two attached hydrogens (primary N) is 1. The fourth-order valence-corrected chi connectivity index (χ4v) is 6.53. The van der Waals surface area contributed by atoms with Crippen molar-refractivity contribution in [1.29, 1.82) is 5.26 Å². The van der Waals surface area contributed by atoms with Crippen molar-refractivity contribution in [3.63, 3.8) is 0 Å². The highest BCUT2D eigenvalue weighted by molar-refractivity contribution is 8.01. The van der Waals surface area contributed by atoms with Crippen LogP contribution in [0.2, 0.25) is 0 Å². The Morgan fingerprint density at radius 3 is 2.90 bits per heavy atom. The maximum absolute atomic E-state index is 13.2. The maximum Gasteiger partial charge on any atom is 0.234 e. The van der Waals surface area contributed by atoms with Gasteiger partial charge in [0.05, 0.1) is 23.3 Å². The first-order valence-corrected chi connectivity index (χ1v) is 13.9. The number of benzene rings is 1. The lowest BCUT2D eigenvalue weighted by Crippen LogP contribution is -2.38. The number of ketones is 1. The minimum atomic E-state index is -0.663. The largest absolute Gasteiger partial charge is 0.465 e. The van der Waals surface area contributed by atoms with Crippen molar-refractivity contribution in [3.05, 3.63) is 64.5 Å². The lowest BCUT2D eigenvalue weighted by molar-refractivity contribution is -0.116. The molecule has 1 aliphatic carbocycles. The number of aromatic nitrogens is 2. The summed E-state index contributed by atoms with van der Waals surface area (Å²) in [4.78, 5) is 27.4. The Balaban J connectivity index is 1.23. The Bertz CT molecular complexity index is 1600. The Morgan fingerprint density at radius 2 is 2.10 bits per heavy atom. The summed E-state index contributed by atoms with van der Waals surface area (Å²) in [6, 6.07) is 11.0. The number of hydrogen-bond donors (Lipinski definition) is 2. The molecule has 1 amide bonds. The predicted molar refractivity (Wildman–Crippen MR) is 143 cm³/mol. The van der Waals surface area contributed by atoms with Crippen molar-refractivity contribution in [3.8, 4) is 17.6 Å². The SMILES string of the molecule is Cc1ccc(C2C(C#N)=C(N)N(c3nnc(SCC(=O)Nc4ccc5c(c4)OCO5)s3)C3=C2C(=O)CCC3)o1. The van der Waals surface area contributed by atoms with E-state index in [0.29, 0.717) is 68.7 Å². The molecule has 1 atom stereocenters. The van der Waals surface area contributed by atoms with Gasteiger partial charge in [-0.3, -0.25) is 14.5 Å². The zero-order valence-corrected chi connectivity index (χ0v) is 22.4. The van der Waals surface area contributed by atoms with E-state index >= 15 is 0 Å². The van der Waals surface area contributed by atoms with Crippen LogP contribution in [-0.4, -0.2) is 34.4 Å². The van der Waals surface area contributed by atoms with Crippen LogP contribution < -0.4 is 25.4 Å². The van der Waals surface area contributed by atoms with E-state index in [0.717, 1.165) is 0 Å². The number of aryl methyl sites for hydroxylation is 1. The number of thioether (sulfide) groups is 1. The van der Waals surface area contributed by atoms with E-state index in [1.54, 1.807) is 35.2 Å². The molecule has 3 aromatic rings. The van der Waals surface area contributed by atoms with Crippen LogP contribution in [0.1, 0.15) is 36.7 Å². The molecule has 11 nitrogen and oxygen atoms in total. The number of carbonyl (C=O) groups is 2. The molecule has 0 saturated carbocycles. The average molecular weight is 563 g/mol. The molecular formula is C26H22N6O5S2. The van der Waals surface area contributed by atoms with Crippen molar-refractivity contribution in [2.24, 2.45) is 5.73 Å². The Morgan fingerprint density at radius 1 is 1.26 bits per heavy atom. The Kier molecular flexibility index (Phi) is 6.49. The van der Waals surface area contributed by atoms with E-state index in [2.05, 4.69) is 21.6 Å². The van der Waals surface area contributed by atoms with Gasteiger partial charge in [-0.05, 0) is 44.0 Å². The van der Waals surface area contributed by atoms with Crippen LogP contribution in [0.25, 0.3) is 0 Å². The van der Waals surface area contributed by atoms with Crippen LogP contribution in [0.5, 0.6) is 11.5 Å². The van der Waals surface area contributed by atoms with Crippen molar-refractivity contribution in [1.82, 2.24) is 10.2 Å². The van der Waals surface area contributed by atoms with Crippen LogP contribution in [0.3, 0.4) is 0 Å². The summed E-state index contributed by atoms with van der Waals surface area (Å²) in [5.74, 6) is 1.78. The number of ether oxygens (including phenoxy) is 2. The molecule has 4 heterocycles. The minimum Gasteiger partial charge on any atom is -0.465 e. The molecular weight excluding hydrogens is 540 g/mol. The third-order valence-electron chi connectivity index (χ3n) is 6.53. The number of fused-ring (bicyclic) bond motifs is 1. The summed E-state index contributed by atoms with van der Waals surface area (Å²) in [6.45, 7) is 1.97. The van der Waals surface area contributed by atoms with Gasteiger partial charge in [0.15, 0.2) is 21.6 Å². The highest BCUT2D eigenvalue weighted by Gasteiger charge is 2.42. The second-order valence-electron chi connectivity index (χ2n) is 9.02. The molecule has 39 heavy (non-hydrogen) atoms. The van der Waals surface area contributed by atoms with Gasteiger partial charge in [0.1, 0.15) is 17.3 Å². The Labute approximate surface area is 231 Å². The van der Waals surface area contributed by atoms with E-state index in [-0.39, 0.29) is 35.6 Å². The minimum absolute atomic E-state index is 0.0418. The summed E-state index contributed by atoms with van der Waals surface area (Å²) in [7, 11) is 0. The second-order valence-corrected chi connectivity index (χ2v) is 11.2. The zero-order valence-electron chi connectivity index (χ0n) is 20.7. The van der Waals surface area contributed by atoms with Gasteiger partial charge in [0.25, 0.3) is 0 Å². The number of nitrogens with one attached hydrogen (secondary N) is 1. The highest BCUT2D eigenvalue weighted by atomic mass is 32.2. The zero-order chi connectivity index (χ0) is 27.1. The molecule has 0 fully saturated rings. The molecule has 0 spiro atoms. The number of furan rings is 1. The van der Waals surface area contributed by atoms with E-state index < -0.39 is 5.92 Å². The fraction of sp³-hybridized carbons (Fsp3) is 0.269. The van der Waals surface area contributed by atoms with Crippen LogP contribution in [0.15, 0.2) is 61.8 Å². The van der Waals surface area contributed by atoms with Gasteiger partial charge in [-0.25, -0.2) is 0 Å². The number of nitrogens with zero attached hydrogens (tertiary/aromatic N) is 4. The average Bonchev–Trinajstić information content (AvgIpc) is 3.68. The van der Waals surface area contributed by atoms with Crippen LogP contribution >= 0.6 is 23.1 Å². The Hall–Kier alpha value is -4.28. The molecule has 1 aromatic carbocycles. The number of anilines is 2. The molecule has 13 heteroatoms. The molecule has 0 bridgehead atoms. The lowest BCUT2D eigenvalue weighted by atomic mass is 9.78. The van der Waals surface area contributed by atoms with Crippen molar-refractivity contribution < 1.29 is 23.5 Å². The molecule has 3 aliphatic rings. The highest BCUT2D eigenvalue weighted by Crippen LogP contribution is 2.47. The standard InChI is InChI=1S/C26H22N6O5S2/c1-13-5-7-19(37-13)22-15(10-27)24(28)32(16-3-2-4-17(33)23(16)22)25-30-31-26(39-25)38-11-21(34)29-14-6-8-18-20(9-14)36-12-35-18/h5-9,22H,2-4,11-12,28H2,1H3,(H,29,34). The lowest BCUT2D eigenvalue weighted by Gasteiger charge is -2.37. The van der Waals surface area contributed by atoms with Gasteiger partial charge in [-0.1, -0.05) is 23.1 Å². The van der Waals surface area contributed by atoms with Crippen molar-refractivity contribution >= 4 is 45.6 Å². The number of allylic oxidation sites excluding steroid dienone is 3. The summed E-state index contributed by atoms with van der Waals surface area (Å²) in [5.41, 5.74) is 8.59. The first kappa shape index (κ1) is 25.0. The van der Waals surface area contributed by atoms with Crippen LogP contribution in [0.4, 0.5) is 10.8 Å². The third kappa shape index (κ3) is 4.62. The van der Waals surface area contributed by atoms with Gasteiger partial charge < -0.3 is 24.9 Å². The quantitative estimate of drug-likeness (QED) is 0.415. The van der Waals surface area contributed by atoms with Gasteiger partial charge in [-0.2, -0.15) is 5.26 Å². The first-order valence-electron chi connectivity index (χ1n) is 12.1. The van der Waals surface area contributed by atoms with Crippen molar-refractivity contribution in [2.75, 3.05) is 22.8 Å². The number of nitriles is 1. The van der Waals surface area contributed by atoms with E-state index in [4.69, 9.17) is 19.6 Å². The summed E-state index contributed by atoms with van der Waals surface area (Å²) < 4.78 is 17.0. The molecule has 1 unspecified atom stereocenters. The number of rotatable bonds is 6. The van der Waals surface area contributed by atoms with E-state index in [1.807, 2.05) is 6.92 Å². The van der Waals surface area contributed by atoms with Crippen molar-refractivity contribution in [2.45, 2.75) is 36.4 Å². The summed E-state index contributed by atoms with van der Waals surface area (Å²) in [5, 5.41) is 21.9. The normalized spacial score (nSPS) is 18.3. The number of Topliss-reactive ketones (excluding diaryl/α,β-unsaturated/α-hetero) is 1. The fourth-order valence-electron chi connectivity index (χ4n) is 4.85. The van der Waals surface area contributed by atoms with Gasteiger partial charge in [0, 0.05) is 29.4 Å². The van der Waals surface area contributed by atoms with Gasteiger partial charge in [0.2, 0.25) is 17.8 Å². The third-order valence-corrected chi connectivity index (χ3v) is 8.57. The summed E-state index contributed by atoms with van der Waals surface area (Å²) in [6.07, 6.45) is 1.64. The van der Waals surface area contributed by atoms with E-state index in [1.165, 1.54) is 23.1 Å². The van der Waals surface area contributed by atoms with Crippen LogP contribution in [0, 0.1) is 18.3 Å². The van der Waals surface area contributed by atoms with Crippen LogP contribution in [-0.2, 0) is 9.59 Å². The molecule has 2 aliphatic heterocycles. The molecule has 6 rings (SSSR count). The first-order chi connectivity index (χ1) is 18.9. The monoisotopic (exact) mass is 562 g/mol. The predicted octanol–water partition coefficient (Wildman–Crippen LogP) is 4.20. The smallest absolute Gasteiger partial charge is 0.234 e. The molecule has 198 valence electrons. The number of hydrogen-bond acceptors (Lipinski definition) is 12. The molecule has 0 saturated heterocycles. The summed E-state index contributed by atoms with van der Waals surface area (Å²) >= 11 is 2.46. The number of carbonyl (C=O) groups excluding carboxylic acids is 2. The van der Waals surface area contributed by atoms with Gasteiger partial charge in [-0.15, -0.1) is 10.2 Å². The molecule has 2 aromatic heterocycles. The molecule has 3 N–H and O–H groups in total.